The fourth-order valence-corrected chi connectivity index (χ4v) is 2.65. The van der Waals surface area contributed by atoms with E-state index in [1.807, 2.05) is 51.1 Å². The summed E-state index contributed by atoms with van der Waals surface area (Å²) >= 11 is 0. The van der Waals surface area contributed by atoms with Crippen molar-refractivity contribution < 1.29 is 9.59 Å². The number of carbonyl (C=O) groups excluding carboxylic acids is 2. The second-order valence-corrected chi connectivity index (χ2v) is 6.74. The molecule has 1 saturated heterocycles. The van der Waals surface area contributed by atoms with E-state index in [4.69, 9.17) is 5.73 Å². The molecule has 5 nitrogen and oxygen atoms in total. The van der Waals surface area contributed by atoms with Crippen molar-refractivity contribution in [3.8, 4) is 0 Å². The number of hydrogen-bond acceptors (Lipinski definition) is 3. The van der Waals surface area contributed by atoms with Gasteiger partial charge in [0, 0.05) is 25.0 Å². The van der Waals surface area contributed by atoms with E-state index in [1.54, 1.807) is 4.90 Å². The Morgan fingerprint density at radius 2 is 2.00 bits per heavy atom. The lowest BCUT2D eigenvalue weighted by molar-refractivity contribution is -0.130. The quantitative estimate of drug-likeness (QED) is 0.860. The lowest BCUT2D eigenvalue weighted by Crippen LogP contribution is -2.46. The van der Waals surface area contributed by atoms with Crippen LogP contribution in [0.1, 0.15) is 38.8 Å². The Bertz CT molecular complexity index is 543. The number of carbonyl (C=O) groups is 2. The summed E-state index contributed by atoms with van der Waals surface area (Å²) in [6, 6.07) is 9.86. The molecule has 0 radical (unpaired) electrons. The largest absolute Gasteiger partial charge is 0.354 e. The van der Waals surface area contributed by atoms with Crippen LogP contribution in [0.15, 0.2) is 30.3 Å². The minimum Gasteiger partial charge on any atom is -0.354 e. The first-order chi connectivity index (χ1) is 10.3. The van der Waals surface area contributed by atoms with Gasteiger partial charge in [0.1, 0.15) is 0 Å². The van der Waals surface area contributed by atoms with E-state index in [1.165, 1.54) is 0 Å². The average Bonchev–Trinajstić information content (AvgIpc) is 2.86. The second kappa shape index (κ2) is 7.79. The Labute approximate surface area is 144 Å². The van der Waals surface area contributed by atoms with Gasteiger partial charge >= 0.3 is 0 Å². The minimum atomic E-state index is -0.449. The Balaban J connectivity index is 0.00000264. The Morgan fingerprint density at radius 1 is 1.39 bits per heavy atom. The molecule has 0 bridgehead atoms. The first kappa shape index (κ1) is 19.5. The van der Waals surface area contributed by atoms with Gasteiger partial charge in [-0.25, -0.2) is 0 Å². The highest BCUT2D eigenvalue weighted by Gasteiger charge is 2.37. The number of likely N-dealkylation sites (tertiary alicyclic amines) is 1. The number of halogens is 1. The van der Waals surface area contributed by atoms with Crippen molar-refractivity contribution in [1.29, 1.82) is 0 Å². The molecule has 6 heteroatoms. The highest BCUT2D eigenvalue weighted by molar-refractivity contribution is 5.89. The summed E-state index contributed by atoms with van der Waals surface area (Å²) in [6.45, 7) is 6.58. The molecule has 2 amide bonds. The van der Waals surface area contributed by atoms with Gasteiger partial charge in [-0.1, -0.05) is 30.3 Å². The van der Waals surface area contributed by atoms with Crippen LogP contribution < -0.4 is 11.1 Å². The smallest absolute Gasteiger partial charge is 0.225 e. The van der Waals surface area contributed by atoms with Crippen LogP contribution in [-0.2, 0) is 9.59 Å². The summed E-state index contributed by atoms with van der Waals surface area (Å²) < 4.78 is 0. The van der Waals surface area contributed by atoms with Gasteiger partial charge in [-0.15, -0.1) is 12.4 Å². The fraction of sp³-hybridized carbons (Fsp3) is 0.529. The first-order valence-electron chi connectivity index (χ1n) is 7.69. The van der Waals surface area contributed by atoms with Gasteiger partial charge in [-0.05, 0) is 26.3 Å². The molecule has 0 aliphatic carbocycles. The maximum atomic E-state index is 12.2. The molecular formula is C17H26ClN3O2. The normalized spacial score (nSPS) is 19.2. The van der Waals surface area contributed by atoms with Crippen molar-refractivity contribution in [2.75, 3.05) is 13.1 Å². The van der Waals surface area contributed by atoms with Crippen LogP contribution in [-0.4, -0.2) is 35.3 Å². The topological polar surface area (TPSA) is 75.4 Å². The summed E-state index contributed by atoms with van der Waals surface area (Å²) in [5.41, 5.74) is 6.50. The van der Waals surface area contributed by atoms with Crippen molar-refractivity contribution in [1.82, 2.24) is 10.2 Å². The lowest BCUT2D eigenvalue weighted by Gasteiger charge is -2.25. The number of hydrogen-bond donors (Lipinski definition) is 2. The zero-order chi connectivity index (χ0) is 16.3. The number of nitrogens with zero attached hydrogens (tertiary/aromatic N) is 1. The molecule has 1 aliphatic rings. The SMILES string of the molecule is CC(c1ccccc1)N1CC(C(=O)NCC(C)(C)N)CC1=O.Cl. The van der Waals surface area contributed by atoms with E-state index < -0.39 is 5.54 Å². The zero-order valence-corrected chi connectivity index (χ0v) is 14.7. The summed E-state index contributed by atoms with van der Waals surface area (Å²) in [5, 5.41) is 2.84. The van der Waals surface area contributed by atoms with Gasteiger partial charge in [0.05, 0.1) is 12.0 Å². The molecule has 23 heavy (non-hydrogen) atoms. The molecule has 1 aromatic rings. The third-order valence-electron chi connectivity index (χ3n) is 4.00. The molecule has 0 saturated carbocycles. The van der Waals surface area contributed by atoms with Crippen molar-refractivity contribution >= 4 is 24.2 Å². The van der Waals surface area contributed by atoms with E-state index in [-0.39, 0.29) is 42.6 Å². The molecular weight excluding hydrogens is 314 g/mol. The highest BCUT2D eigenvalue weighted by atomic mass is 35.5. The van der Waals surface area contributed by atoms with Crippen molar-refractivity contribution in [2.45, 2.75) is 38.8 Å². The van der Waals surface area contributed by atoms with Gasteiger partial charge in [-0.3, -0.25) is 9.59 Å². The van der Waals surface area contributed by atoms with Crippen LogP contribution in [0.5, 0.6) is 0 Å². The maximum Gasteiger partial charge on any atom is 0.225 e. The predicted molar refractivity (Wildman–Crippen MR) is 93.2 cm³/mol. The van der Waals surface area contributed by atoms with Crippen molar-refractivity contribution in [3.63, 3.8) is 0 Å². The van der Waals surface area contributed by atoms with Gasteiger partial charge in [0.25, 0.3) is 0 Å². The first-order valence-corrected chi connectivity index (χ1v) is 7.69. The Kier molecular flexibility index (Phi) is 6.59. The number of nitrogens with two attached hydrogens (primary N) is 1. The molecule has 1 fully saturated rings. The second-order valence-electron chi connectivity index (χ2n) is 6.74. The maximum absolute atomic E-state index is 12.2. The van der Waals surface area contributed by atoms with Crippen molar-refractivity contribution in [3.05, 3.63) is 35.9 Å². The molecule has 128 valence electrons. The molecule has 3 N–H and O–H groups in total. The zero-order valence-electron chi connectivity index (χ0n) is 13.9. The Hall–Kier alpha value is -1.59. The van der Waals surface area contributed by atoms with Gasteiger partial charge in [0.15, 0.2) is 0 Å². The third kappa shape index (κ3) is 5.22. The molecule has 1 aliphatic heterocycles. The third-order valence-corrected chi connectivity index (χ3v) is 4.00. The van der Waals surface area contributed by atoms with Crippen LogP contribution in [0.3, 0.4) is 0 Å². The fourth-order valence-electron chi connectivity index (χ4n) is 2.65. The number of nitrogens with one attached hydrogen (secondary N) is 1. The van der Waals surface area contributed by atoms with Crippen LogP contribution >= 0.6 is 12.4 Å². The molecule has 2 rings (SSSR count). The standard InChI is InChI=1S/C17H25N3O2.ClH/c1-12(13-7-5-4-6-8-13)20-10-14(9-15(20)21)16(22)19-11-17(2,3)18;/h4-8,12,14H,9-11,18H2,1-3H3,(H,19,22);1H. The van der Waals surface area contributed by atoms with E-state index >= 15 is 0 Å². The van der Waals surface area contributed by atoms with Crippen molar-refractivity contribution in [2.24, 2.45) is 11.7 Å². The molecule has 1 aromatic carbocycles. The van der Waals surface area contributed by atoms with Crippen LogP contribution in [0.4, 0.5) is 0 Å². The molecule has 0 spiro atoms. The number of rotatable bonds is 5. The lowest BCUT2D eigenvalue weighted by atomic mass is 10.1. The van der Waals surface area contributed by atoms with E-state index in [9.17, 15) is 9.59 Å². The van der Waals surface area contributed by atoms with Crippen LogP contribution in [0.2, 0.25) is 0 Å². The number of amides is 2. The number of benzene rings is 1. The van der Waals surface area contributed by atoms with Gasteiger partial charge < -0.3 is 16.0 Å². The summed E-state index contributed by atoms with van der Waals surface area (Å²) in [4.78, 5) is 26.2. The minimum absolute atomic E-state index is 0. The van der Waals surface area contributed by atoms with Crippen LogP contribution in [0, 0.1) is 5.92 Å². The Morgan fingerprint density at radius 3 is 2.57 bits per heavy atom. The van der Waals surface area contributed by atoms with E-state index in [2.05, 4.69) is 5.32 Å². The van der Waals surface area contributed by atoms with E-state index in [0.717, 1.165) is 5.56 Å². The summed E-state index contributed by atoms with van der Waals surface area (Å²) in [7, 11) is 0. The average molecular weight is 340 g/mol. The van der Waals surface area contributed by atoms with Gasteiger partial charge in [0.2, 0.25) is 11.8 Å². The van der Waals surface area contributed by atoms with Crippen LogP contribution in [0.25, 0.3) is 0 Å². The van der Waals surface area contributed by atoms with E-state index in [0.29, 0.717) is 13.1 Å². The molecule has 2 unspecified atom stereocenters. The highest BCUT2D eigenvalue weighted by Crippen LogP contribution is 2.28. The summed E-state index contributed by atoms with van der Waals surface area (Å²) in [6.07, 6.45) is 0.272. The monoisotopic (exact) mass is 339 g/mol. The van der Waals surface area contributed by atoms with Gasteiger partial charge in [-0.2, -0.15) is 0 Å². The molecule has 1 heterocycles. The molecule has 2 atom stereocenters. The molecule has 0 aromatic heterocycles. The summed E-state index contributed by atoms with van der Waals surface area (Å²) in [5.74, 6) is -0.348. The predicted octanol–water partition coefficient (Wildman–Crippen LogP) is 1.87.